The molecule has 1 aromatic carbocycles. The fourth-order valence-electron chi connectivity index (χ4n) is 1.35. The number of pyridine rings is 1. The Morgan fingerprint density at radius 2 is 2.17 bits per heavy atom. The second kappa shape index (κ2) is 4.90. The molecular weight excluding hydrogens is 257 g/mol. The minimum Gasteiger partial charge on any atom is -0.437 e. The average molecular weight is 264 g/mol. The normalized spacial score (nSPS) is 9.83. The lowest BCUT2D eigenvalue weighted by molar-refractivity contribution is 0.456. The first-order valence-electron chi connectivity index (χ1n) is 4.89. The topological polar surface area (TPSA) is 71.9 Å². The van der Waals surface area contributed by atoms with Gasteiger partial charge in [0.15, 0.2) is 0 Å². The summed E-state index contributed by atoms with van der Waals surface area (Å²) < 4.78 is 18.6. The van der Waals surface area contributed by atoms with Crippen LogP contribution in [0.2, 0.25) is 5.15 Å². The molecule has 1 heterocycles. The number of ether oxygens (including phenoxy) is 1. The van der Waals surface area contributed by atoms with Crippen molar-refractivity contribution < 1.29 is 9.13 Å². The van der Waals surface area contributed by atoms with Gasteiger partial charge in [-0.2, -0.15) is 5.26 Å². The number of halogens is 2. The summed E-state index contributed by atoms with van der Waals surface area (Å²) in [6.45, 7) is 0. The standard InChI is InChI=1S/C12H7ClFN3O/c13-11-4-7(16)5-12(17-11)18-10-3-1-2-9(14)8(10)6-15/h1-5H,(H2,16,17). The van der Waals surface area contributed by atoms with Gasteiger partial charge in [0.1, 0.15) is 28.4 Å². The van der Waals surface area contributed by atoms with Crippen molar-refractivity contribution in [3.8, 4) is 17.7 Å². The highest BCUT2D eigenvalue weighted by Gasteiger charge is 2.11. The van der Waals surface area contributed by atoms with Crippen molar-refractivity contribution in [2.24, 2.45) is 0 Å². The number of anilines is 1. The van der Waals surface area contributed by atoms with Crippen LogP contribution in [0.5, 0.6) is 11.6 Å². The predicted molar refractivity (Wildman–Crippen MR) is 64.8 cm³/mol. The van der Waals surface area contributed by atoms with Crippen LogP contribution in [0.1, 0.15) is 5.56 Å². The molecule has 0 fully saturated rings. The number of aromatic nitrogens is 1. The van der Waals surface area contributed by atoms with Gasteiger partial charge in [-0.1, -0.05) is 17.7 Å². The van der Waals surface area contributed by atoms with Crippen molar-refractivity contribution in [1.29, 1.82) is 5.26 Å². The van der Waals surface area contributed by atoms with Gasteiger partial charge in [-0.3, -0.25) is 0 Å². The molecule has 4 nitrogen and oxygen atoms in total. The van der Waals surface area contributed by atoms with Crippen LogP contribution in [0.4, 0.5) is 10.1 Å². The van der Waals surface area contributed by atoms with E-state index < -0.39 is 5.82 Å². The molecule has 90 valence electrons. The average Bonchev–Trinajstić information content (AvgIpc) is 2.27. The van der Waals surface area contributed by atoms with E-state index in [1.807, 2.05) is 0 Å². The van der Waals surface area contributed by atoms with Gasteiger partial charge in [0.2, 0.25) is 5.88 Å². The molecule has 0 aliphatic rings. The molecular formula is C12H7ClFN3O. The molecule has 1 aromatic heterocycles. The highest BCUT2D eigenvalue weighted by atomic mass is 35.5. The van der Waals surface area contributed by atoms with Crippen LogP contribution in [0.15, 0.2) is 30.3 Å². The highest BCUT2D eigenvalue weighted by Crippen LogP contribution is 2.27. The maximum absolute atomic E-state index is 13.3. The number of rotatable bonds is 2. The van der Waals surface area contributed by atoms with Crippen LogP contribution >= 0.6 is 11.6 Å². The smallest absolute Gasteiger partial charge is 0.222 e. The summed E-state index contributed by atoms with van der Waals surface area (Å²) in [7, 11) is 0. The maximum atomic E-state index is 13.3. The highest BCUT2D eigenvalue weighted by molar-refractivity contribution is 6.29. The van der Waals surface area contributed by atoms with E-state index in [1.165, 1.54) is 30.3 Å². The van der Waals surface area contributed by atoms with E-state index in [-0.39, 0.29) is 22.3 Å². The van der Waals surface area contributed by atoms with E-state index in [2.05, 4.69) is 4.98 Å². The Kier molecular flexibility index (Phi) is 3.31. The van der Waals surface area contributed by atoms with E-state index >= 15 is 0 Å². The zero-order valence-corrected chi connectivity index (χ0v) is 9.78. The molecule has 2 aromatic rings. The van der Waals surface area contributed by atoms with Crippen LogP contribution in [0, 0.1) is 17.1 Å². The van der Waals surface area contributed by atoms with Crippen molar-refractivity contribution in [3.05, 3.63) is 46.9 Å². The van der Waals surface area contributed by atoms with Crippen molar-refractivity contribution in [1.82, 2.24) is 4.98 Å². The van der Waals surface area contributed by atoms with E-state index in [0.29, 0.717) is 5.69 Å². The molecule has 2 rings (SSSR count). The van der Waals surface area contributed by atoms with Gasteiger partial charge >= 0.3 is 0 Å². The zero-order chi connectivity index (χ0) is 13.1. The fourth-order valence-corrected chi connectivity index (χ4v) is 1.56. The SMILES string of the molecule is N#Cc1c(F)cccc1Oc1cc(N)cc(Cl)n1. The Labute approximate surface area is 107 Å². The van der Waals surface area contributed by atoms with Gasteiger partial charge in [-0.05, 0) is 18.2 Å². The van der Waals surface area contributed by atoms with E-state index in [0.717, 1.165) is 0 Å². The van der Waals surface area contributed by atoms with Crippen LogP contribution in [-0.2, 0) is 0 Å². The fraction of sp³-hybridized carbons (Fsp3) is 0. The minimum absolute atomic E-state index is 0.0617. The number of hydrogen-bond acceptors (Lipinski definition) is 4. The summed E-state index contributed by atoms with van der Waals surface area (Å²) >= 11 is 5.71. The molecule has 0 aliphatic heterocycles. The number of hydrogen-bond donors (Lipinski definition) is 1. The summed E-state index contributed by atoms with van der Waals surface area (Å²) in [6.07, 6.45) is 0. The van der Waals surface area contributed by atoms with Crippen LogP contribution in [0.25, 0.3) is 0 Å². The van der Waals surface area contributed by atoms with Crippen molar-refractivity contribution in [2.75, 3.05) is 5.73 Å². The largest absolute Gasteiger partial charge is 0.437 e. The third-order valence-corrected chi connectivity index (χ3v) is 2.29. The van der Waals surface area contributed by atoms with Crippen LogP contribution < -0.4 is 10.5 Å². The molecule has 0 spiro atoms. The Balaban J connectivity index is 2.40. The predicted octanol–water partition coefficient (Wildman–Crippen LogP) is 3.12. The second-order valence-electron chi connectivity index (χ2n) is 3.39. The van der Waals surface area contributed by atoms with Crippen molar-refractivity contribution in [2.45, 2.75) is 0 Å². The number of nitrogens with zero attached hydrogens (tertiary/aromatic N) is 2. The lowest BCUT2D eigenvalue weighted by Gasteiger charge is -2.07. The summed E-state index contributed by atoms with van der Waals surface area (Å²) in [5, 5.41) is 9.00. The molecule has 2 N–H and O–H groups in total. The lowest BCUT2D eigenvalue weighted by Crippen LogP contribution is -1.95. The first-order valence-corrected chi connectivity index (χ1v) is 5.27. The number of nitrogens with two attached hydrogens (primary N) is 1. The molecule has 0 radical (unpaired) electrons. The Morgan fingerprint density at radius 1 is 1.39 bits per heavy atom. The van der Waals surface area contributed by atoms with Crippen LogP contribution in [-0.4, -0.2) is 4.98 Å². The quantitative estimate of drug-likeness (QED) is 0.845. The summed E-state index contributed by atoms with van der Waals surface area (Å²) in [4.78, 5) is 3.87. The summed E-state index contributed by atoms with van der Waals surface area (Å²) in [5.74, 6) is -0.501. The van der Waals surface area contributed by atoms with E-state index in [1.54, 1.807) is 6.07 Å². The van der Waals surface area contributed by atoms with Crippen LogP contribution in [0.3, 0.4) is 0 Å². The first-order chi connectivity index (χ1) is 8.60. The zero-order valence-electron chi connectivity index (χ0n) is 9.02. The summed E-state index contributed by atoms with van der Waals surface area (Å²) in [6, 6.07) is 8.66. The molecule has 0 atom stereocenters. The molecule has 6 heteroatoms. The molecule has 0 saturated heterocycles. The summed E-state index contributed by atoms with van der Waals surface area (Å²) in [5.41, 5.74) is 5.73. The monoisotopic (exact) mass is 263 g/mol. The van der Waals surface area contributed by atoms with Crippen molar-refractivity contribution >= 4 is 17.3 Å². The van der Waals surface area contributed by atoms with Crippen molar-refractivity contribution in [3.63, 3.8) is 0 Å². The molecule has 0 unspecified atom stereocenters. The Morgan fingerprint density at radius 3 is 2.83 bits per heavy atom. The number of nitrogen functional groups attached to an aromatic ring is 1. The molecule has 0 amide bonds. The Bertz CT molecular complexity index is 619. The third kappa shape index (κ3) is 2.50. The van der Waals surface area contributed by atoms with Gasteiger partial charge in [0.05, 0.1) is 0 Å². The van der Waals surface area contributed by atoms with Gasteiger partial charge in [-0.25, -0.2) is 9.37 Å². The van der Waals surface area contributed by atoms with E-state index in [9.17, 15) is 4.39 Å². The van der Waals surface area contributed by atoms with Gasteiger partial charge in [0, 0.05) is 11.8 Å². The number of benzene rings is 1. The first kappa shape index (κ1) is 12.1. The minimum atomic E-state index is -0.662. The third-order valence-electron chi connectivity index (χ3n) is 2.09. The van der Waals surface area contributed by atoms with Gasteiger partial charge in [-0.15, -0.1) is 0 Å². The molecule has 0 saturated carbocycles. The van der Waals surface area contributed by atoms with Gasteiger partial charge < -0.3 is 10.5 Å². The Hall–Kier alpha value is -2.32. The van der Waals surface area contributed by atoms with Gasteiger partial charge in [0.25, 0.3) is 0 Å². The number of nitriles is 1. The van der Waals surface area contributed by atoms with E-state index in [4.69, 9.17) is 27.3 Å². The molecule has 0 bridgehead atoms. The second-order valence-corrected chi connectivity index (χ2v) is 3.78. The maximum Gasteiger partial charge on any atom is 0.222 e. The molecule has 0 aliphatic carbocycles. The lowest BCUT2D eigenvalue weighted by atomic mass is 10.2. The molecule has 18 heavy (non-hydrogen) atoms.